The molecule has 0 radical (unpaired) electrons. The van der Waals surface area contributed by atoms with Crippen LogP contribution in [-0.4, -0.2) is 41.9 Å². The maximum Gasteiger partial charge on any atom is 0.258 e. The van der Waals surface area contributed by atoms with E-state index in [9.17, 15) is 4.79 Å². The summed E-state index contributed by atoms with van der Waals surface area (Å²) in [6, 6.07) is 0. The Morgan fingerprint density at radius 2 is 2.00 bits per heavy atom. The van der Waals surface area contributed by atoms with Crippen LogP contribution in [0.25, 0.3) is 0 Å². The molecule has 1 aliphatic rings. The van der Waals surface area contributed by atoms with Crippen LogP contribution < -0.4 is 10.6 Å². The highest BCUT2D eigenvalue weighted by Crippen LogP contribution is 2.30. The second-order valence-electron chi connectivity index (χ2n) is 5.36. The van der Waals surface area contributed by atoms with E-state index < -0.39 is 5.60 Å². The van der Waals surface area contributed by atoms with E-state index in [2.05, 4.69) is 34.7 Å². The predicted octanol–water partition coefficient (Wildman–Crippen LogP) is 2.57. The SMILES string of the molecule is CCC(CC)c1nnc(NC(=O)C2(OC)CCNCC2)s1.Cl. The molecular formula is C14H25ClN4O2S. The van der Waals surface area contributed by atoms with Gasteiger partial charge in [-0.25, -0.2) is 0 Å². The summed E-state index contributed by atoms with van der Waals surface area (Å²) in [5.74, 6) is 0.308. The minimum absolute atomic E-state index is 0. The largest absolute Gasteiger partial charge is 0.368 e. The molecule has 1 amide bonds. The zero-order valence-corrected chi connectivity index (χ0v) is 15.0. The average molecular weight is 349 g/mol. The summed E-state index contributed by atoms with van der Waals surface area (Å²) < 4.78 is 5.51. The highest BCUT2D eigenvalue weighted by molar-refractivity contribution is 7.15. The van der Waals surface area contributed by atoms with Crippen molar-refractivity contribution in [2.24, 2.45) is 0 Å². The molecule has 8 heteroatoms. The number of nitrogens with zero attached hydrogens (tertiary/aromatic N) is 2. The molecule has 6 nitrogen and oxygen atoms in total. The lowest BCUT2D eigenvalue weighted by Crippen LogP contribution is -2.51. The van der Waals surface area contributed by atoms with Crippen molar-refractivity contribution >= 4 is 34.8 Å². The zero-order valence-electron chi connectivity index (χ0n) is 13.3. The first kappa shape index (κ1) is 19.3. The molecule has 0 aliphatic carbocycles. The molecule has 0 bridgehead atoms. The van der Waals surface area contributed by atoms with Crippen molar-refractivity contribution in [3.63, 3.8) is 0 Å². The van der Waals surface area contributed by atoms with E-state index in [1.165, 1.54) is 11.3 Å². The third-order valence-corrected chi connectivity index (χ3v) is 5.21. The Bertz CT molecular complexity index is 473. The molecule has 0 saturated carbocycles. The third-order valence-electron chi connectivity index (χ3n) is 4.21. The van der Waals surface area contributed by atoms with Gasteiger partial charge in [0, 0.05) is 13.0 Å². The number of amides is 1. The maximum atomic E-state index is 12.5. The second kappa shape index (κ2) is 8.76. The van der Waals surface area contributed by atoms with Gasteiger partial charge in [-0.1, -0.05) is 25.2 Å². The van der Waals surface area contributed by atoms with Crippen LogP contribution in [-0.2, 0) is 9.53 Å². The summed E-state index contributed by atoms with van der Waals surface area (Å²) >= 11 is 1.47. The second-order valence-corrected chi connectivity index (χ2v) is 6.37. The number of piperidine rings is 1. The standard InChI is InChI=1S/C14H24N4O2S.ClH/c1-4-10(5-2)11-17-18-13(21-11)16-12(19)14(20-3)6-8-15-9-7-14;/h10,15H,4-9H2,1-3H3,(H,16,18,19);1H. The predicted molar refractivity (Wildman–Crippen MR) is 91.0 cm³/mol. The van der Waals surface area contributed by atoms with Gasteiger partial charge in [0.15, 0.2) is 0 Å². The molecule has 2 N–H and O–H groups in total. The Morgan fingerprint density at radius 1 is 1.36 bits per heavy atom. The monoisotopic (exact) mass is 348 g/mol. The van der Waals surface area contributed by atoms with E-state index in [0.717, 1.165) is 30.9 Å². The minimum Gasteiger partial charge on any atom is -0.368 e. The van der Waals surface area contributed by atoms with Crippen molar-refractivity contribution in [1.82, 2.24) is 15.5 Å². The van der Waals surface area contributed by atoms with E-state index in [4.69, 9.17) is 4.74 Å². The van der Waals surface area contributed by atoms with Crippen molar-refractivity contribution in [1.29, 1.82) is 0 Å². The molecule has 1 fully saturated rings. The number of rotatable bonds is 6. The number of carbonyl (C=O) groups is 1. The number of nitrogens with one attached hydrogen (secondary N) is 2. The van der Waals surface area contributed by atoms with Gasteiger partial charge in [-0.2, -0.15) is 0 Å². The Kier molecular flexibility index (Phi) is 7.68. The first-order chi connectivity index (χ1) is 10.1. The minimum atomic E-state index is -0.744. The number of hydrogen-bond acceptors (Lipinski definition) is 6. The van der Waals surface area contributed by atoms with Crippen molar-refractivity contribution < 1.29 is 9.53 Å². The Balaban J connectivity index is 0.00000242. The van der Waals surface area contributed by atoms with Crippen molar-refractivity contribution in [2.75, 3.05) is 25.5 Å². The van der Waals surface area contributed by atoms with E-state index >= 15 is 0 Å². The number of hydrogen-bond donors (Lipinski definition) is 2. The average Bonchev–Trinajstić information content (AvgIpc) is 2.97. The summed E-state index contributed by atoms with van der Waals surface area (Å²) in [7, 11) is 1.60. The molecule has 1 saturated heterocycles. The van der Waals surface area contributed by atoms with Crippen LogP contribution in [0, 0.1) is 0 Å². The summed E-state index contributed by atoms with van der Waals surface area (Å²) in [5, 5.41) is 16.0. The van der Waals surface area contributed by atoms with Crippen LogP contribution >= 0.6 is 23.7 Å². The fourth-order valence-electron chi connectivity index (χ4n) is 2.65. The lowest BCUT2D eigenvalue weighted by molar-refractivity contribution is -0.140. The van der Waals surface area contributed by atoms with Gasteiger partial charge in [0.25, 0.3) is 5.91 Å². The van der Waals surface area contributed by atoms with Crippen LogP contribution in [0.15, 0.2) is 0 Å². The van der Waals surface area contributed by atoms with Crippen molar-refractivity contribution in [3.05, 3.63) is 5.01 Å². The van der Waals surface area contributed by atoms with Crippen LogP contribution in [0.2, 0.25) is 0 Å². The highest BCUT2D eigenvalue weighted by Gasteiger charge is 2.40. The van der Waals surface area contributed by atoms with Gasteiger partial charge in [-0.3, -0.25) is 10.1 Å². The van der Waals surface area contributed by atoms with Crippen molar-refractivity contribution in [3.8, 4) is 0 Å². The number of anilines is 1. The highest BCUT2D eigenvalue weighted by atomic mass is 35.5. The molecule has 2 heterocycles. The summed E-state index contributed by atoms with van der Waals surface area (Å²) in [6.07, 6.45) is 3.42. The molecule has 0 spiro atoms. The number of aromatic nitrogens is 2. The Hall–Kier alpha value is -0.760. The molecule has 0 unspecified atom stereocenters. The summed E-state index contributed by atoms with van der Waals surface area (Å²) in [5.41, 5.74) is -0.744. The Labute approximate surface area is 141 Å². The molecule has 1 aliphatic heterocycles. The third kappa shape index (κ3) is 4.16. The number of ether oxygens (including phenoxy) is 1. The zero-order chi connectivity index (χ0) is 15.3. The van der Waals surface area contributed by atoms with Crippen LogP contribution in [0.5, 0.6) is 0 Å². The lowest BCUT2D eigenvalue weighted by Gasteiger charge is -2.34. The first-order valence-electron chi connectivity index (χ1n) is 7.56. The van der Waals surface area contributed by atoms with Gasteiger partial charge < -0.3 is 10.1 Å². The number of halogens is 1. The molecule has 126 valence electrons. The molecule has 1 aromatic heterocycles. The van der Waals surface area contributed by atoms with Crippen LogP contribution in [0.1, 0.15) is 50.5 Å². The van der Waals surface area contributed by atoms with Gasteiger partial charge in [-0.15, -0.1) is 22.6 Å². The molecule has 0 aromatic carbocycles. The lowest BCUT2D eigenvalue weighted by atomic mass is 9.91. The smallest absolute Gasteiger partial charge is 0.258 e. The van der Waals surface area contributed by atoms with Gasteiger partial charge >= 0.3 is 0 Å². The van der Waals surface area contributed by atoms with Gasteiger partial charge in [0.2, 0.25) is 5.13 Å². The topological polar surface area (TPSA) is 76.1 Å². The van der Waals surface area contributed by atoms with Gasteiger partial charge in [-0.05, 0) is 38.8 Å². The summed E-state index contributed by atoms with van der Waals surface area (Å²) in [4.78, 5) is 12.5. The fourth-order valence-corrected chi connectivity index (χ4v) is 3.66. The van der Waals surface area contributed by atoms with Crippen molar-refractivity contribution in [2.45, 2.75) is 51.0 Å². The number of carbonyl (C=O) groups excluding carboxylic acids is 1. The van der Waals surface area contributed by atoms with E-state index in [1.54, 1.807) is 7.11 Å². The molecule has 1 aromatic rings. The molecule has 0 atom stereocenters. The van der Waals surface area contributed by atoms with Crippen LogP contribution in [0.3, 0.4) is 0 Å². The quantitative estimate of drug-likeness (QED) is 0.826. The first-order valence-corrected chi connectivity index (χ1v) is 8.37. The molecule has 22 heavy (non-hydrogen) atoms. The molecular weight excluding hydrogens is 324 g/mol. The molecule has 2 rings (SSSR count). The fraction of sp³-hybridized carbons (Fsp3) is 0.786. The van der Waals surface area contributed by atoms with E-state index in [0.29, 0.717) is 23.9 Å². The Morgan fingerprint density at radius 3 is 2.55 bits per heavy atom. The van der Waals surface area contributed by atoms with Gasteiger partial charge in [0.05, 0.1) is 0 Å². The van der Waals surface area contributed by atoms with E-state index in [1.807, 2.05) is 0 Å². The summed E-state index contributed by atoms with van der Waals surface area (Å²) in [6.45, 7) is 5.86. The normalized spacial score (nSPS) is 17.1. The number of methoxy groups -OCH3 is 1. The van der Waals surface area contributed by atoms with Crippen LogP contribution in [0.4, 0.5) is 5.13 Å². The maximum absolute atomic E-state index is 12.5. The van der Waals surface area contributed by atoms with E-state index in [-0.39, 0.29) is 18.3 Å². The van der Waals surface area contributed by atoms with Gasteiger partial charge in [0.1, 0.15) is 10.6 Å².